The molecule has 4 heteroatoms. The van der Waals surface area contributed by atoms with Crippen LogP contribution in [0, 0.1) is 0 Å². The Kier molecular flexibility index (Phi) is 3.62. The molecular weight excluding hydrogens is 240 g/mol. The standard InChI is InChI=1S/C15H22N2O2/c1-17(12-3-2-4-12)13(10-16)11-5-6-14-15(9-11)19-8-7-18-14/h5-6,9,12-13H,2-4,7-8,10,16H2,1H3. The molecule has 1 aromatic rings. The molecule has 0 spiro atoms. The first-order valence-electron chi connectivity index (χ1n) is 7.11. The molecule has 104 valence electrons. The van der Waals surface area contributed by atoms with E-state index >= 15 is 0 Å². The minimum Gasteiger partial charge on any atom is -0.486 e. The summed E-state index contributed by atoms with van der Waals surface area (Å²) in [5.74, 6) is 1.70. The molecule has 1 aliphatic carbocycles. The Labute approximate surface area is 114 Å². The first kappa shape index (κ1) is 12.8. The Morgan fingerprint density at radius 2 is 2.00 bits per heavy atom. The molecule has 0 bridgehead atoms. The molecule has 2 aliphatic rings. The maximum absolute atomic E-state index is 5.98. The summed E-state index contributed by atoms with van der Waals surface area (Å²) in [4.78, 5) is 2.41. The second-order valence-electron chi connectivity index (χ2n) is 5.40. The van der Waals surface area contributed by atoms with Gasteiger partial charge in [-0.2, -0.15) is 0 Å². The largest absolute Gasteiger partial charge is 0.486 e. The molecule has 1 aliphatic heterocycles. The predicted octanol–water partition coefficient (Wildman–Crippen LogP) is 1.94. The Morgan fingerprint density at radius 1 is 1.26 bits per heavy atom. The lowest BCUT2D eigenvalue weighted by Gasteiger charge is -2.40. The van der Waals surface area contributed by atoms with Gasteiger partial charge in [0.25, 0.3) is 0 Å². The summed E-state index contributed by atoms with van der Waals surface area (Å²) in [7, 11) is 2.18. The molecule has 1 atom stereocenters. The zero-order chi connectivity index (χ0) is 13.2. The highest BCUT2D eigenvalue weighted by atomic mass is 16.6. The van der Waals surface area contributed by atoms with E-state index in [1.807, 2.05) is 6.07 Å². The van der Waals surface area contributed by atoms with Crippen LogP contribution in [0.1, 0.15) is 30.9 Å². The number of ether oxygens (including phenoxy) is 2. The van der Waals surface area contributed by atoms with Crippen molar-refractivity contribution in [3.63, 3.8) is 0 Å². The number of hydrogen-bond acceptors (Lipinski definition) is 4. The first-order valence-corrected chi connectivity index (χ1v) is 7.11. The van der Waals surface area contributed by atoms with E-state index in [1.165, 1.54) is 24.8 Å². The van der Waals surface area contributed by atoms with Crippen LogP contribution in [0.2, 0.25) is 0 Å². The van der Waals surface area contributed by atoms with Gasteiger partial charge in [-0.3, -0.25) is 4.90 Å². The quantitative estimate of drug-likeness (QED) is 0.901. The smallest absolute Gasteiger partial charge is 0.161 e. The van der Waals surface area contributed by atoms with E-state index < -0.39 is 0 Å². The van der Waals surface area contributed by atoms with Crippen molar-refractivity contribution in [1.29, 1.82) is 0 Å². The van der Waals surface area contributed by atoms with Crippen LogP contribution in [-0.4, -0.2) is 37.7 Å². The molecule has 3 rings (SSSR count). The molecule has 1 saturated carbocycles. The fourth-order valence-electron chi connectivity index (χ4n) is 2.85. The van der Waals surface area contributed by atoms with E-state index in [-0.39, 0.29) is 6.04 Å². The summed E-state index contributed by atoms with van der Waals surface area (Å²) in [5.41, 5.74) is 7.21. The van der Waals surface area contributed by atoms with Gasteiger partial charge < -0.3 is 15.2 Å². The normalized spacial score (nSPS) is 20.2. The van der Waals surface area contributed by atoms with Crippen molar-refractivity contribution in [2.75, 3.05) is 26.8 Å². The fraction of sp³-hybridized carbons (Fsp3) is 0.600. The SMILES string of the molecule is CN(C1CCC1)C(CN)c1ccc2c(c1)OCCO2. The minimum atomic E-state index is 0.265. The summed E-state index contributed by atoms with van der Waals surface area (Å²) in [6, 6.07) is 7.14. The monoisotopic (exact) mass is 262 g/mol. The van der Waals surface area contributed by atoms with Gasteiger partial charge >= 0.3 is 0 Å². The van der Waals surface area contributed by atoms with Crippen molar-refractivity contribution in [3.8, 4) is 11.5 Å². The van der Waals surface area contributed by atoms with E-state index in [0.717, 1.165) is 11.5 Å². The molecule has 4 nitrogen and oxygen atoms in total. The van der Waals surface area contributed by atoms with Gasteiger partial charge in [0, 0.05) is 18.6 Å². The number of rotatable bonds is 4. The maximum atomic E-state index is 5.98. The van der Waals surface area contributed by atoms with E-state index in [1.54, 1.807) is 0 Å². The van der Waals surface area contributed by atoms with E-state index in [9.17, 15) is 0 Å². The molecule has 19 heavy (non-hydrogen) atoms. The second-order valence-corrected chi connectivity index (χ2v) is 5.40. The highest BCUT2D eigenvalue weighted by Gasteiger charge is 2.28. The molecule has 1 fully saturated rings. The van der Waals surface area contributed by atoms with Crippen LogP contribution < -0.4 is 15.2 Å². The topological polar surface area (TPSA) is 47.7 Å². The number of nitrogens with zero attached hydrogens (tertiary/aromatic N) is 1. The third-order valence-electron chi connectivity index (χ3n) is 4.32. The Hall–Kier alpha value is -1.26. The van der Waals surface area contributed by atoms with Crippen molar-refractivity contribution in [2.24, 2.45) is 5.73 Å². The van der Waals surface area contributed by atoms with Gasteiger partial charge in [-0.1, -0.05) is 12.5 Å². The minimum absolute atomic E-state index is 0.265. The summed E-state index contributed by atoms with van der Waals surface area (Å²) < 4.78 is 11.2. The van der Waals surface area contributed by atoms with Gasteiger partial charge in [-0.05, 0) is 37.6 Å². The van der Waals surface area contributed by atoms with Gasteiger partial charge in [0.1, 0.15) is 13.2 Å². The summed E-state index contributed by atoms with van der Waals surface area (Å²) in [5, 5.41) is 0. The lowest BCUT2D eigenvalue weighted by atomic mass is 9.89. The van der Waals surface area contributed by atoms with E-state index in [0.29, 0.717) is 25.8 Å². The molecule has 0 aromatic heterocycles. The molecule has 0 amide bonds. The van der Waals surface area contributed by atoms with Crippen LogP contribution in [0.5, 0.6) is 11.5 Å². The van der Waals surface area contributed by atoms with Crippen LogP contribution in [0.25, 0.3) is 0 Å². The lowest BCUT2D eigenvalue weighted by molar-refractivity contribution is 0.112. The van der Waals surface area contributed by atoms with Gasteiger partial charge in [-0.25, -0.2) is 0 Å². The van der Waals surface area contributed by atoms with E-state index in [4.69, 9.17) is 15.2 Å². The molecule has 0 saturated heterocycles. The Bertz CT molecular complexity index is 446. The Morgan fingerprint density at radius 3 is 2.63 bits per heavy atom. The molecule has 2 N–H and O–H groups in total. The maximum Gasteiger partial charge on any atom is 0.161 e. The molecule has 1 aromatic carbocycles. The molecule has 1 heterocycles. The number of benzene rings is 1. The highest BCUT2D eigenvalue weighted by molar-refractivity contribution is 5.44. The fourth-order valence-corrected chi connectivity index (χ4v) is 2.85. The molecular formula is C15H22N2O2. The van der Waals surface area contributed by atoms with Gasteiger partial charge in [0.2, 0.25) is 0 Å². The Balaban J connectivity index is 1.82. The van der Waals surface area contributed by atoms with Crippen LogP contribution in [0.15, 0.2) is 18.2 Å². The highest BCUT2D eigenvalue weighted by Crippen LogP contribution is 2.36. The van der Waals surface area contributed by atoms with Gasteiger partial charge in [0.15, 0.2) is 11.5 Å². The van der Waals surface area contributed by atoms with E-state index in [2.05, 4.69) is 24.1 Å². The first-order chi connectivity index (χ1) is 9.29. The van der Waals surface area contributed by atoms with Crippen molar-refractivity contribution in [3.05, 3.63) is 23.8 Å². The summed E-state index contributed by atoms with van der Waals surface area (Å²) in [6.07, 6.45) is 3.92. The molecule has 0 radical (unpaired) electrons. The number of hydrogen-bond donors (Lipinski definition) is 1. The zero-order valence-corrected chi connectivity index (χ0v) is 11.5. The van der Waals surface area contributed by atoms with Crippen LogP contribution >= 0.6 is 0 Å². The zero-order valence-electron chi connectivity index (χ0n) is 11.5. The average molecular weight is 262 g/mol. The van der Waals surface area contributed by atoms with Crippen molar-refractivity contribution >= 4 is 0 Å². The van der Waals surface area contributed by atoms with Crippen molar-refractivity contribution in [2.45, 2.75) is 31.3 Å². The number of nitrogens with two attached hydrogens (primary N) is 1. The lowest BCUT2D eigenvalue weighted by Crippen LogP contribution is -2.42. The molecule has 1 unspecified atom stereocenters. The predicted molar refractivity (Wildman–Crippen MR) is 74.6 cm³/mol. The second kappa shape index (κ2) is 5.39. The van der Waals surface area contributed by atoms with Crippen LogP contribution in [0.3, 0.4) is 0 Å². The average Bonchev–Trinajstić information content (AvgIpc) is 2.37. The third-order valence-corrected chi connectivity index (χ3v) is 4.32. The van der Waals surface area contributed by atoms with Gasteiger partial charge in [0.05, 0.1) is 0 Å². The third kappa shape index (κ3) is 2.42. The van der Waals surface area contributed by atoms with Crippen molar-refractivity contribution < 1.29 is 9.47 Å². The van der Waals surface area contributed by atoms with Gasteiger partial charge in [-0.15, -0.1) is 0 Å². The summed E-state index contributed by atoms with van der Waals surface area (Å²) >= 11 is 0. The summed E-state index contributed by atoms with van der Waals surface area (Å²) in [6.45, 7) is 1.89. The van der Waals surface area contributed by atoms with Crippen LogP contribution in [0.4, 0.5) is 0 Å². The van der Waals surface area contributed by atoms with Crippen molar-refractivity contribution in [1.82, 2.24) is 4.90 Å². The van der Waals surface area contributed by atoms with Crippen LogP contribution in [-0.2, 0) is 0 Å². The number of fused-ring (bicyclic) bond motifs is 1. The number of likely N-dealkylation sites (N-methyl/N-ethyl adjacent to an activating group) is 1.